The van der Waals surface area contributed by atoms with E-state index in [0.29, 0.717) is 12.1 Å². The molecule has 6 heteroatoms. The van der Waals surface area contributed by atoms with Gasteiger partial charge in [0.2, 0.25) is 0 Å². The molecule has 2 N–H and O–H groups in total. The number of nitrogens with zero attached hydrogens (tertiary/aromatic N) is 3. The molecule has 0 fully saturated rings. The van der Waals surface area contributed by atoms with E-state index < -0.39 is 12.0 Å². The molecule has 0 saturated heterocycles. The van der Waals surface area contributed by atoms with Gasteiger partial charge in [-0.05, 0) is 27.9 Å². The van der Waals surface area contributed by atoms with Crippen LogP contribution in [0.5, 0.6) is 0 Å². The fraction of sp³-hybridized carbons (Fsp3) is 0.667. The molecule has 0 spiro atoms. The smallest absolute Gasteiger partial charge is 0.325 e. The van der Waals surface area contributed by atoms with E-state index >= 15 is 0 Å². The van der Waals surface area contributed by atoms with Gasteiger partial charge in [0.25, 0.3) is 0 Å². The lowest BCUT2D eigenvalue weighted by Crippen LogP contribution is -2.33. The van der Waals surface area contributed by atoms with Crippen molar-refractivity contribution in [1.29, 1.82) is 0 Å². The van der Waals surface area contributed by atoms with Crippen molar-refractivity contribution in [1.82, 2.24) is 20.0 Å². The van der Waals surface area contributed by atoms with Crippen LogP contribution in [0.4, 0.5) is 0 Å². The van der Waals surface area contributed by atoms with Gasteiger partial charge in [0.15, 0.2) is 0 Å². The molecule has 0 saturated carbocycles. The molecule has 1 atom stereocenters. The summed E-state index contributed by atoms with van der Waals surface area (Å²) in [7, 11) is 3.91. The number of hydrogen-bond donors (Lipinski definition) is 2. The zero-order chi connectivity index (χ0) is 13.7. The topological polar surface area (TPSA) is 70.4 Å². The summed E-state index contributed by atoms with van der Waals surface area (Å²) in [6.07, 6.45) is 3.40. The molecule has 1 aromatic heterocycles. The van der Waals surface area contributed by atoms with E-state index in [1.807, 2.05) is 32.8 Å². The number of aromatic nitrogens is 2. The molecule has 0 amide bonds. The Labute approximate surface area is 108 Å². The largest absolute Gasteiger partial charge is 0.480 e. The third kappa shape index (κ3) is 4.12. The number of likely N-dealkylation sites (N-methyl/N-ethyl adjacent to an activating group) is 1. The molecule has 1 unspecified atom stereocenters. The molecular weight excluding hydrogens is 232 g/mol. The first-order chi connectivity index (χ1) is 8.41. The normalized spacial score (nSPS) is 13.2. The summed E-state index contributed by atoms with van der Waals surface area (Å²) in [5.41, 5.74) is 0.690. The van der Waals surface area contributed by atoms with Crippen LogP contribution in [-0.2, 0) is 4.79 Å². The van der Waals surface area contributed by atoms with E-state index in [4.69, 9.17) is 0 Å². The number of carbonyl (C=O) groups is 1. The molecule has 102 valence electrons. The van der Waals surface area contributed by atoms with E-state index in [1.165, 1.54) is 0 Å². The summed E-state index contributed by atoms with van der Waals surface area (Å²) < 4.78 is 1.76. The third-order valence-electron chi connectivity index (χ3n) is 2.64. The van der Waals surface area contributed by atoms with E-state index in [2.05, 4.69) is 10.4 Å². The molecule has 0 aromatic carbocycles. The van der Waals surface area contributed by atoms with Crippen molar-refractivity contribution < 1.29 is 9.90 Å². The van der Waals surface area contributed by atoms with Gasteiger partial charge in [-0.1, -0.05) is 0 Å². The number of carboxylic acids is 1. The molecular formula is C12H22N4O2. The van der Waals surface area contributed by atoms with Crippen molar-refractivity contribution in [2.45, 2.75) is 25.9 Å². The number of aliphatic carboxylic acids is 1. The Balaban J connectivity index is 2.68. The highest BCUT2D eigenvalue weighted by molar-refractivity contribution is 5.75. The van der Waals surface area contributed by atoms with Crippen molar-refractivity contribution in [2.24, 2.45) is 0 Å². The van der Waals surface area contributed by atoms with Crippen LogP contribution >= 0.6 is 0 Å². The van der Waals surface area contributed by atoms with Gasteiger partial charge in [-0.3, -0.25) is 14.8 Å². The molecule has 1 aromatic rings. The minimum Gasteiger partial charge on any atom is -0.480 e. The molecule has 0 bridgehead atoms. The lowest BCUT2D eigenvalue weighted by Gasteiger charge is -2.15. The van der Waals surface area contributed by atoms with Crippen LogP contribution in [0.25, 0.3) is 0 Å². The van der Waals surface area contributed by atoms with E-state index in [-0.39, 0.29) is 6.04 Å². The second-order valence-corrected chi connectivity index (χ2v) is 4.88. The molecule has 0 aliphatic carbocycles. The molecule has 6 nitrogen and oxygen atoms in total. The van der Waals surface area contributed by atoms with Gasteiger partial charge in [-0.25, -0.2) is 0 Å². The summed E-state index contributed by atoms with van der Waals surface area (Å²) >= 11 is 0. The lowest BCUT2D eigenvalue weighted by molar-refractivity contribution is -0.139. The molecule has 0 aliphatic heterocycles. The van der Waals surface area contributed by atoms with Crippen molar-refractivity contribution in [3.8, 4) is 0 Å². The predicted octanol–water partition coefficient (Wildman–Crippen LogP) is 0.741. The second kappa shape index (κ2) is 6.51. The minimum absolute atomic E-state index is 0.231. The highest BCUT2D eigenvalue weighted by atomic mass is 16.4. The maximum Gasteiger partial charge on any atom is 0.325 e. The Kier molecular flexibility index (Phi) is 5.30. The predicted molar refractivity (Wildman–Crippen MR) is 69.5 cm³/mol. The van der Waals surface area contributed by atoms with Gasteiger partial charge < -0.3 is 10.0 Å². The van der Waals surface area contributed by atoms with Crippen molar-refractivity contribution in [2.75, 3.05) is 27.2 Å². The quantitative estimate of drug-likeness (QED) is 0.751. The van der Waals surface area contributed by atoms with Crippen LogP contribution in [0.15, 0.2) is 12.4 Å². The van der Waals surface area contributed by atoms with Gasteiger partial charge in [0.05, 0.1) is 6.20 Å². The zero-order valence-electron chi connectivity index (χ0n) is 11.4. The minimum atomic E-state index is -0.878. The number of nitrogens with one attached hydrogen (secondary N) is 1. The van der Waals surface area contributed by atoms with E-state index in [9.17, 15) is 9.90 Å². The summed E-state index contributed by atoms with van der Waals surface area (Å²) in [6, 6.07) is -0.465. The Morgan fingerprint density at radius 2 is 2.22 bits per heavy atom. The highest BCUT2D eigenvalue weighted by Gasteiger charge is 2.21. The summed E-state index contributed by atoms with van der Waals surface area (Å²) in [5.74, 6) is -0.878. The number of rotatable bonds is 7. The summed E-state index contributed by atoms with van der Waals surface area (Å²) in [4.78, 5) is 13.2. The van der Waals surface area contributed by atoms with Crippen molar-refractivity contribution >= 4 is 5.97 Å². The second-order valence-electron chi connectivity index (χ2n) is 4.88. The fourth-order valence-electron chi connectivity index (χ4n) is 1.56. The standard InChI is InChI=1S/C12H22N4O2/c1-9(2)16-8-10(7-14-16)11(12(17)18)13-5-6-15(3)4/h7-9,11,13H,5-6H2,1-4H3,(H,17,18). The van der Waals surface area contributed by atoms with Gasteiger partial charge in [0, 0.05) is 30.9 Å². The molecule has 18 heavy (non-hydrogen) atoms. The van der Waals surface area contributed by atoms with Crippen LogP contribution in [-0.4, -0.2) is 52.9 Å². The lowest BCUT2D eigenvalue weighted by atomic mass is 10.1. The summed E-state index contributed by atoms with van der Waals surface area (Å²) in [5, 5.41) is 16.4. The number of hydrogen-bond acceptors (Lipinski definition) is 4. The Morgan fingerprint density at radius 3 is 2.67 bits per heavy atom. The Hall–Kier alpha value is -1.40. The van der Waals surface area contributed by atoms with Crippen LogP contribution in [0, 0.1) is 0 Å². The molecule has 1 heterocycles. The average molecular weight is 254 g/mol. The Bertz CT molecular complexity index is 387. The van der Waals surface area contributed by atoms with E-state index in [1.54, 1.807) is 17.1 Å². The molecule has 1 rings (SSSR count). The zero-order valence-corrected chi connectivity index (χ0v) is 11.4. The fourth-order valence-corrected chi connectivity index (χ4v) is 1.56. The molecule has 0 radical (unpaired) electrons. The first-order valence-corrected chi connectivity index (χ1v) is 6.06. The first kappa shape index (κ1) is 14.7. The van der Waals surface area contributed by atoms with E-state index in [0.717, 1.165) is 6.54 Å². The first-order valence-electron chi connectivity index (χ1n) is 6.06. The molecule has 0 aliphatic rings. The van der Waals surface area contributed by atoms with Crippen LogP contribution in [0.1, 0.15) is 31.5 Å². The van der Waals surface area contributed by atoms with Crippen LogP contribution in [0.2, 0.25) is 0 Å². The average Bonchev–Trinajstić information content (AvgIpc) is 2.72. The maximum absolute atomic E-state index is 11.2. The van der Waals surface area contributed by atoms with Crippen LogP contribution < -0.4 is 5.32 Å². The highest BCUT2D eigenvalue weighted by Crippen LogP contribution is 2.14. The maximum atomic E-state index is 11.2. The SMILES string of the molecule is CC(C)n1cc(C(NCCN(C)C)C(=O)O)cn1. The van der Waals surface area contributed by atoms with Gasteiger partial charge in [-0.2, -0.15) is 5.10 Å². The number of carboxylic acid groups (broad SMARTS) is 1. The third-order valence-corrected chi connectivity index (χ3v) is 2.64. The van der Waals surface area contributed by atoms with Crippen LogP contribution in [0.3, 0.4) is 0 Å². The van der Waals surface area contributed by atoms with Gasteiger partial charge in [0.1, 0.15) is 6.04 Å². The van der Waals surface area contributed by atoms with Crippen molar-refractivity contribution in [3.63, 3.8) is 0 Å². The Morgan fingerprint density at radius 1 is 1.56 bits per heavy atom. The van der Waals surface area contributed by atoms with Gasteiger partial charge >= 0.3 is 5.97 Å². The van der Waals surface area contributed by atoms with Gasteiger partial charge in [-0.15, -0.1) is 0 Å². The van der Waals surface area contributed by atoms with Crippen molar-refractivity contribution in [3.05, 3.63) is 18.0 Å². The monoisotopic (exact) mass is 254 g/mol. The summed E-state index contributed by atoms with van der Waals surface area (Å²) in [6.45, 7) is 5.43.